The van der Waals surface area contributed by atoms with Crippen molar-refractivity contribution in [1.29, 1.82) is 0 Å². The van der Waals surface area contributed by atoms with Crippen LogP contribution in [-0.4, -0.2) is 16.8 Å². The van der Waals surface area contributed by atoms with E-state index in [9.17, 15) is 19.1 Å². The van der Waals surface area contributed by atoms with Gasteiger partial charge < -0.3 is 14.3 Å². The van der Waals surface area contributed by atoms with E-state index < -0.39 is 22.8 Å². The second-order valence-corrected chi connectivity index (χ2v) is 10.1. The lowest BCUT2D eigenvalue weighted by Gasteiger charge is -2.34. The standard InChI is InChI=1S/C27H22FNO5S/c1-33-16-7-10-19-18(13-16)27(11-3-2-4-12-27)21-14-20-22(25(31)29(19)21)23(30)24(26(32)34-20)35-17-8-5-15(28)6-9-17/h5-10,13-14,30H,2-4,11-12H2,1H3. The van der Waals surface area contributed by atoms with E-state index in [2.05, 4.69) is 0 Å². The Hall–Kier alpha value is -3.52. The van der Waals surface area contributed by atoms with Crippen molar-refractivity contribution in [2.75, 3.05) is 7.11 Å². The summed E-state index contributed by atoms with van der Waals surface area (Å²) in [6, 6.07) is 12.9. The van der Waals surface area contributed by atoms with Gasteiger partial charge in [-0.05, 0) is 60.9 Å². The quantitative estimate of drug-likeness (QED) is 0.407. The molecule has 3 heterocycles. The number of halogens is 1. The number of aromatic nitrogens is 1. The molecule has 4 aromatic rings. The molecule has 178 valence electrons. The summed E-state index contributed by atoms with van der Waals surface area (Å²) < 4.78 is 26.0. The second-order valence-electron chi connectivity index (χ2n) is 9.06. The Bertz CT molecular complexity index is 1600. The fourth-order valence-electron chi connectivity index (χ4n) is 5.58. The van der Waals surface area contributed by atoms with Crippen molar-refractivity contribution in [1.82, 2.24) is 4.57 Å². The average Bonchev–Trinajstić information content (AvgIpc) is 3.12. The first-order valence-electron chi connectivity index (χ1n) is 11.5. The Kier molecular flexibility index (Phi) is 5.03. The van der Waals surface area contributed by atoms with Gasteiger partial charge in [-0.1, -0.05) is 31.0 Å². The molecule has 2 aliphatic rings. The molecule has 1 N–H and O–H groups in total. The van der Waals surface area contributed by atoms with Crippen molar-refractivity contribution in [3.63, 3.8) is 0 Å². The fourth-order valence-corrected chi connectivity index (χ4v) is 6.42. The third-order valence-corrected chi connectivity index (χ3v) is 8.28. The summed E-state index contributed by atoms with van der Waals surface area (Å²) in [5.41, 5.74) is 1.05. The molecule has 0 amide bonds. The first kappa shape index (κ1) is 22.0. The summed E-state index contributed by atoms with van der Waals surface area (Å²) in [6.45, 7) is 0. The SMILES string of the molecule is COc1ccc2c(c1)C1(CCCCC1)c1cc3oc(=O)c(Sc4ccc(F)cc4)c(O)c3c(=O)n1-2. The fraction of sp³-hybridized carbons (Fsp3) is 0.259. The van der Waals surface area contributed by atoms with Gasteiger partial charge in [-0.15, -0.1) is 0 Å². The van der Waals surface area contributed by atoms with Crippen LogP contribution in [0.1, 0.15) is 43.4 Å². The van der Waals surface area contributed by atoms with E-state index in [1.54, 1.807) is 17.7 Å². The molecule has 1 aliphatic heterocycles. The molecule has 6 nitrogen and oxygen atoms in total. The van der Waals surface area contributed by atoms with Crippen molar-refractivity contribution < 1.29 is 18.7 Å². The number of pyridine rings is 1. The molecular weight excluding hydrogens is 469 g/mol. The number of rotatable bonds is 3. The minimum absolute atomic E-state index is 0.0485. The van der Waals surface area contributed by atoms with Crippen LogP contribution >= 0.6 is 11.8 Å². The van der Waals surface area contributed by atoms with Gasteiger partial charge in [0, 0.05) is 22.1 Å². The maximum absolute atomic E-state index is 13.9. The number of nitrogens with zero attached hydrogens (tertiary/aromatic N) is 1. The van der Waals surface area contributed by atoms with Crippen LogP contribution in [0.2, 0.25) is 0 Å². The van der Waals surface area contributed by atoms with E-state index in [0.717, 1.165) is 60.8 Å². The lowest BCUT2D eigenvalue weighted by Crippen LogP contribution is -2.31. The van der Waals surface area contributed by atoms with Gasteiger partial charge in [-0.25, -0.2) is 9.18 Å². The number of hydrogen-bond acceptors (Lipinski definition) is 6. The van der Waals surface area contributed by atoms with Crippen LogP contribution in [-0.2, 0) is 5.41 Å². The number of aromatic hydroxyl groups is 1. The Balaban J connectivity index is 1.61. The Morgan fingerprint density at radius 2 is 1.80 bits per heavy atom. The summed E-state index contributed by atoms with van der Waals surface area (Å²) in [4.78, 5) is 27.2. The van der Waals surface area contributed by atoms with Crippen LogP contribution in [0.4, 0.5) is 4.39 Å². The molecule has 1 fully saturated rings. The number of hydrogen-bond donors (Lipinski definition) is 1. The molecule has 0 radical (unpaired) electrons. The van der Waals surface area contributed by atoms with Gasteiger partial charge in [-0.3, -0.25) is 9.36 Å². The number of fused-ring (bicyclic) bond motifs is 6. The Morgan fingerprint density at radius 1 is 1.06 bits per heavy atom. The first-order chi connectivity index (χ1) is 16.9. The summed E-state index contributed by atoms with van der Waals surface area (Å²) in [6.07, 6.45) is 4.90. The second kappa shape index (κ2) is 8.02. The minimum atomic E-state index is -0.747. The van der Waals surface area contributed by atoms with Gasteiger partial charge in [0.2, 0.25) is 0 Å². The number of methoxy groups -OCH3 is 1. The van der Waals surface area contributed by atoms with Gasteiger partial charge in [0.15, 0.2) is 5.75 Å². The normalized spacial score (nSPS) is 15.8. The van der Waals surface area contributed by atoms with E-state index in [1.807, 2.05) is 18.2 Å². The molecule has 0 atom stereocenters. The van der Waals surface area contributed by atoms with E-state index in [0.29, 0.717) is 10.6 Å². The zero-order valence-corrected chi connectivity index (χ0v) is 19.8. The van der Waals surface area contributed by atoms with Crippen molar-refractivity contribution in [2.45, 2.75) is 47.3 Å². The lowest BCUT2D eigenvalue weighted by atomic mass is 9.68. The van der Waals surface area contributed by atoms with Crippen LogP contribution in [0.25, 0.3) is 16.7 Å². The van der Waals surface area contributed by atoms with Gasteiger partial charge >= 0.3 is 5.63 Å². The van der Waals surface area contributed by atoms with Crippen LogP contribution in [0.15, 0.2) is 72.3 Å². The monoisotopic (exact) mass is 491 g/mol. The molecule has 2 aromatic heterocycles. The van der Waals surface area contributed by atoms with Gasteiger partial charge in [0.05, 0.1) is 12.8 Å². The summed E-state index contributed by atoms with van der Waals surface area (Å²) >= 11 is 0.931. The molecule has 2 aromatic carbocycles. The first-order valence-corrected chi connectivity index (χ1v) is 12.3. The van der Waals surface area contributed by atoms with E-state index in [-0.39, 0.29) is 21.3 Å². The lowest BCUT2D eigenvalue weighted by molar-refractivity contribution is 0.344. The topological polar surface area (TPSA) is 81.7 Å². The largest absolute Gasteiger partial charge is 0.505 e. The molecule has 8 heteroatoms. The molecule has 0 bridgehead atoms. The highest BCUT2D eigenvalue weighted by Crippen LogP contribution is 2.52. The van der Waals surface area contributed by atoms with Crippen LogP contribution < -0.4 is 15.9 Å². The average molecular weight is 492 g/mol. The molecule has 1 aliphatic carbocycles. The van der Waals surface area contributed by atoms with Crippen LogP contribution in [0.3, 0.4) is 0 Å². The molecular formula is C27H22FNO5S. The van der Waals surface area contributed by atoms with Gasteiger partial charge in [0.1, 0.15) is 27.4 Å². The molecule has 1 saturated carbocycles. The van der Waals surface area contributed by atoms with E-state index in [1.165, 1.54) is 24.3 Å². The number of ether oxygens (including phenoxy) is 1. The van der Waals surface area contributed by atoms with E-state index >= 15 is 0 Å². The molecule has 0 saturated heterocycles. The third-order valence-electron chi connectivity index (χ3n) is 7.20. The maximum atomic E-state index is 13.9. The highest BCUT2D eigenvalue weighted by Gasteiger charge is 2.46. The maximum Gasteiger partial charge on any atom is 0.354 e. The van der Waals surface area contributed by atoms with Crippen molar-refractivity contribution in [2.24, 2.45) is 0 Å². The molecule has 35 heavy (non-hydrogen) atoms. The summed E-state index contributed by atoms with van der Waals surface area (Å²) in [5, 5.41) is 11.1. The Morgan fingerprint density at radius 3 is 2.51 bits per heavy atom. The van der Waals surface area contributed by atoms with Crippen molar-refractivity contribution in [3.05, 3.63) is 86.4 Å². The van der Waals surface area contributed by atoms with Crippen LogP contribution in [0.5, 0.6) is 11.5 Å². The zero-order chi connectivity index (χ0) is 24.3. The molecule has 6 rings (SSSR count). The highest BCUT2D eigenvalue weighted by molar-refractivity contribution is 7.99. The third kappa shape index (κ3) is 3.23. The Labute approximate surface area is 204 Å². The number of benzene rings is 2. The summed E-state index contributed by atoms with van der Waals surface area (Å²) in [5.74, 6) is -0.123. The predicted octanol–water partition coefficient (Wildman–Crippen LogP) is 5.51. The smallest absolute Gasteiger partial charge is 0.354 e. The van der Waals surface area contributed by atoms with Crippen LogP contribution in [0, 0.1) is 5.82 Å². The van der Waals surface area contributed by atoms with E-state index in [4.69, 9.17) is 9.15 Å². The van der Waals surface area contributed by atoms with Crippen molar-refractivity contribution in [3.8, 4) is 17.2 Å². The van der Waals surface area contributed by atoms with Crippen molar-refractivity contribution >= 4 is 22.7 Å². The molecule has 0 unspecified atom stereocenters. The minimum Gasteiger partial charge on any atom is -0.505 e. The van der Waals surface area contributed by atoms with Gasteiger partial charge in [-0.2, -0.15) is 0 Å². The summed E-state index contributed by atoms with van der Waals surface area (Å²) in [7, 11) is 1.62. The highest BCUT2D eigenvalue weighted by atomic mass is 32.2. The van der Waals surface area contributed by atoms with Gasteiger partial charge in [0.25, 0.3) is 5.56 Å². The zero-order valence-electron chi connectivity index (χ0n) is 19.0. The predicted molar refractivity (Wildman–Crippen MR) is 131 cm³/mol. The molecule has 1 spiro atoms.